The SMILES string of the molecule is CC(=O)/C=C(/C)O.Cc1cc(C)c(B2C=[C-]N(c3cc(F)ccn3)c3ccccc32)c(C)c1.[Pt]. The van der Waals surface area contributed by atoms with E-state index in [1.807, 2.05) is 23.1 Å². The van der Waals surface area contributed by atoms with Crippen LogP contribution in [0.1, 0.15) is 30.5 Å². The van der Waals surface area contributed by atoms with E-state index < -0.39 is 0 Å². The molecule has 0 saturated carbocycles. The van der Waals surface area contributed by atoms with Gasteiger partial charge in [0.25, 0.3) is 0 Å². The number of hydrogen-bond donors (Lipinski definition) is 1. The van der Waals surface area contributed by atoms with Crippen LogP contribution in [0.15, 0.2) is 72.5 Å². The standard InChI is InChI=1S/C22H19BFN2.C5H8O2.Pt/c1-15-12-16(2)22(17(3)13-15)23-9-11-26(20-7-5-4-6-19(20)23)21-14-18(24)8-10-25-21;1-4(6)3-5(2)7;/h4-10,12-14H,1-3H3;3,6H,1-2H3;/q-1;;/b;4-3-;. The number of nitrogens with zero attached hydrogens (tertiary/aromatic N) is 2. The molecule has 7 heteroatoms. The van der Waals surface area contributed by atoms with Crippen molar-refractivity contribution in [3.05, 3.63) is 101 Å². The molecule has 0 aliphatic carbocycles. The number of pyridine rings is 1. The van der Waals surface area contributed by atoms with E-state index in [9.17, 15) is 9.18 Å². The van der Waals surface area contributed by atoms with Gasteiger partial charge in [-0.1, -0.05) is 64.2 Å². The van der Waals surface area contributed by atoms with Crippen LogP contribution in [0, 0.1) is 32.8 Å². The first-order valence-electron chi connectivity index (χ1n) is 10.7. The van der Waals surface area contributed by atoms with Crippen molar-refractivity contribution in [3.63, 3.8) is 0 Å². The van der Waals surface area contributed by atoms with Gasteiger partial charge < -0.3 is 15.0 Å². The van der Waals surface area contributed by atoms with Crippen molar-refractivity contribution in [2.75, 3.05) is 4.90 Å². The van der Waals surface area contributed by atoms with Gasteiger partial charge >= 0.3 is 0 Å². The van der Waals surface area contributed by atoms with Crippen LogP contribution in [0.3, 0.4) is 0 Å². The van der Waals surface area contributed by atoms with Crippen molar-refractivity contribution in [3.8, 4) is 0 Å². The summed E-state index contributed by atoms with van der Waals surface area (Å²) in [5, 5.41) is 8.36. The zero-order valence-electron chi connectivity index (χ0n) is 19.9. The molecule has 0 unspecified atom stereocenters. The molecule has 1 aromatic heterocycles. The van der Waals surface area contributed by atoms with Gasteiger partial charge in [0.1, 0.15) is 5.82 Å². The molecule has 34 heavy (non-hydrogen) atoms. The van der Waals surface area contributed by atoms with Crippen LogP contribution >= 0.6 is 0 Å². The number of ketones is 1. The van der Waals surface area contributed by atoms with Crippen LogP contribution in [-0.2, 0) is 25.9 Å². The summed E-state index contributed by atoms with van der Waals surface area (Å²) < 4.78 is 13.7. The molecule has 0 atom stereocenters. The number of allylic oxidation sites excluding steroid dienone is 2. The van der Waals surface area contributed by atoms with Crippen molar-refractivity contribution >= 4 is 34.9 Å². The molecule has 178 valence electrons. The third-order valence-electron chi connectivity index (χ3n) is 5.28. The number of aryl methyl sites for hydroxylation is 3. The monoisotopic (exact) mass is 636 g/mol. The molecule has 1 aliphatic heterocycles. The minimum absolute atomic E-state index is 0. The number of para-hydroxylation sites is 1. The molecule has 1 N–H and O–H groups in total. The fourth-order valence-corrected chi connectivity index (χ4v) is 4.18. The third-order valence-corrected chi connectivity index (χ3v) is 5.28. The summed E-state index contributed by atoms with van der Waals surface area (Å²) >= 11 is 0. The molecule has 4 nitrogen and oxygen atoms in total. The summed E-state index contributed by atoms with van der Waals surface area (Å²) in [6, 6.07) is 15.4. The molecule has 0 amide bonds. The molecule has 0 fully saturated rings. The van der Waals surface area contributed by atoms with E-state index >= 15 is 0 Å². The van der Waals surface area contributed by atoms with E-state index in [0.29, 0.717) is 5.82 Å². The Kier molecular flexibility index (Phi) is 9.58. The zero-order valence-corrected chi connectivity index (χ0v) is 22.1. The first-order valence-corrected chi connectivity index (χ1v) is 10.7. The minimum Gasteiger partial charge on any atom is -0.512 e. The number of halogens is 1. The van der Waals surface area contributed by atoms with E-state index in [1.165, 1.54) is 65.9 Å². The van der Waals surface area contributed by atoms with E-state index in [2.05, 4.69) is 56.1 Å². The van der Waals surface area contributed by atoms with Crippen molar-refractivity contribution in [1.29, 1.82) is 0 Å². The van der Waals surface area contributed by atoms with Gasteiger partial charge in [-0.3, -0.25) is 4.79 Å². The number of aliphatic hydroxyl groups is 1. The summed E-state index contributed by atoms with van der Waals surface area (Å²) in [6.07, 6.45) is 5.96. The molecule has 2 heterocycles. The van der Waals surface area contributed by atoms with Crippen LogP contribution in [0.2, 0.25) is 0 Å². The fraction of sp³-hybridized carbons (Fsp3) is 0.185. The molecule has 4 rings (SSSR count). The third kappa shape index (κ3) is 6.54. The maximum Gasteiger partial charge on any atom is 0.212 e. The van der Waals surface area contributed by atoms with Gasteiger partial charge in [-0.15, -0.1) is 17.6 Å². The smallest absolute Gasteiger partial charge is 0.212 e. The number of anilines is 2. The predicted molar refractivity (Wildman–Crippen MR) is 133 cm³/mol. The Morgan fingerprint density at radius 2 is 1.74 bits per heavy atom. The van der Waals surface area contributed by atoms with Gasteiger partial charge in [0.05, 0.1) is 5.76 Å². The summed E-state index contributed by atoms with van der Waals surface area (Å²) in [5.74, 6) is 2.22. The maximum absolute atomic E-state index is 13.7. The second kappa shape index (κ2) is 11.9. The number of fused-ring (bicyclic) bond motifs is 1. The molecule has 3 aromatic rings. The predicted octanol–water partition coefficient (Wildman–Crippen LogP) is 4.80. The Labute approximate surface area is 215 Å². The summed E-state index contributed by atoms with van der Waals surface area (Å²) in [6.45, 7) is 9.41. The first kappa shape index (κ1) is 27.3. The van der Waals surface area contributed by atoms with Crippen molar-refractivity contribution in [1.82, 2.24) is 4.98 Å². The van der Waals surface area contributed by atoms with Crippen LogP contribution < -0.4 is 15.8 Å². The van der Waals surface area contributed by atoms with Crippen LogP contribution in [0.25, 0.3) is 0 Å². The normalized spacial score (nSPS) is 12.4. The summed E-state index contributed by atoms with van der Waals surface area (Å²) in [7, 11) is 0. The van der Waals surface area contributed by atoms with Gasteiger partial charge in [-0.05, 0) is 46.8 Å². The van der Waals surface area contributed by atoms with Gasteiger partial charge in [0.2, 0.25) is 6.71 Å². The number of carbonyl (C=O) groups is 1. The van der Waals surface area contributed by atoms with Crippen molar-refractivity contribution in [2.24, 2.45) is 0 Å². The van der Waals surface area contributed by atoms with E-state index in [4.69, 9.17) is 5.11 Å². The Morgan fingerprint density at radius 3 is 2.29 bits per heavy atom. The Morgan fingerprint density at radius 1 is 1.09 bits per heavy atom. The van der Waals surface area contributed by atoms with Crippen LogP contribution in [0.4, 0.5) is 15.9 Å². The number of carbonyl (C=O) groups excluding carboxylic acids is 1. The topological polar surface area (TPSA) is 53.4 Å². The average molecular weight is 636 g/mol. The minimum atomic E-state index is -0.304. The van der Waals surface area contributed by atoms with E-state index in [-0.39, 0.29) is 45.1 Å². The number of aromatic nitrogens is 1. The van der Waals surface area contributed by atoms with E-state index in [0.717, 1.165) is 5.69 Å². The number of aliphatic hydroxyl groups excluding tert-OH is 1. The molecular formula is C27H27BFN2O2Pt-. The van der Waals surface area contributed by atoms with Gasteiger partial charge in [0.15, 0.2) is 5.78 Å². The quantitative estimate of drug-likeness (QED) is 0.195. The van der Waals surface area contributed by atoms with Gasteiger partial charge in [-0.2, -0.15) is 0 Å². The number of hydrogen-bond acceptors (Lipinski definition) is 4. The van der Waals surface area contributed by atoms with E-state index in [1.54, 1.807) is 0 Å². The second-order valence-corrected chi connectivity index (χ2v) is 8.21. The number of benzene rings is 2. The first-order chi connectivity index (χ1) is 15.7. The summed E-state index contributed by atoms with van der Waals surface area (Å²) in [4.78, 5) is 16.2. The van der Waals surface area contributed by atoms with Crippen LogP contribution in [-0.4, -0.2) is 22.6 Å². The van der Waals surface area contributed by atoms with Crippen molar-refractivity contribution in [2.45, 2.75) is 34.6 Å². The summed E-state index contributed by atoms with van der Waals surface area (Å²) in [5.41, 5.74) is 7.29. The molecule has 2 aromatic carbocycles. The maximum atomic E-state index is 13.7. The van der Waals surface area contributed by atoms with Crippen LogP contribution in [0.5, 0.6) is 0 Å². The Hall–Kier alpha value is -2.98. The van der Waals surface area contributed by atoms with Gasteiger partial charge in [-0.25, -0.2) is 4.39 Å². The fourth-order valence-electron chi connectivity index (χ4n) is 4.18. The molecule has 0 bridgehead atoms. The molecule has 0 saturated heterocycles. The second-order valence-electron chi connectivity index (χ2n) is 8.21. The average Bonchev–Trinajstić information content (AvgIpc) is 2.72. The molecule has 1 aliphatic rings. The molecular weight excluding hydrogens is 609 g/mol. The number of rotatable bonds is 3. The molecule has 0 radical (unpaired) electrons. The zero-order chi connectivity index (χ0) is 24.1. The molecule has 0 spiro atoms. The largest absolute Gasteiger partial charge is 0.512 e. The van der Waals surface area contributed by atoms with Gasteiger partial charge in [0, 0.05) is 39.2 Å². The van der Waals surface area contributed by atoms with Crippen molar-refractivity contribution < 1.29 is 35.4 Å². The Bertz CT molecular complexity index is 1220. The Balaban J connectivity index is 0.000000449.